The minimum atomic E-state index is -0.788. The molecule has 0 aromatic heterocycles. The molecule has 1 atom stereocenters. The lowest BCUT2D eigenvalue weighted by molar-refractivity contribution is -0.167. The van der Waals surface area contributed by atoms with Crippen molar-refractivity contribution in [1.82, 2.24) is 0 Å². The SMILES string of the molecule is CCCCC/C=C\C/C=C\C/C=C\C/C=C\CCCCCC(=O)OC[C@H](COC(=O)CCCCCCCCCCCCCCCCC)OC(=O)CCCCCCCCC/C=C\CCCCCC. The van der Waals surface area contributed by atoms with Crippen LogP contribution in [0.5, 0.6) is 0 Å². The number of unbranched alkanes of at least 4 members (excludes halogenated alkanes) is 31. The average Bonchev–Trinajstić information content (AvgIpc) is 3.33. The van der Waals surface area contributed by atoms with Crippen molar-refractivity contribution in [2.45, 2.75) is 297 Å². The van der Waals surface area contributed by atoms with Crippen LogP contribution in [0, 0.1) is 0 Å². The molecule has 6 heteroatoms. The first kappa shape index (κ1) is 64.1. The zero-order valence-corrected chi connectivity index (χ0v) is 44.4. The minimum Gasteiger partial charge on any atom is -0.462 e. The lowest BCUT2D eigenvalue weighted by Gasteiger charge is -2.18. The van der Waals surface area contributed by atoms with Crippen LogP contribution in [-0.2, 0) is 28.6 Å². The highest BCUT2D eigenvalue weighted by Gasteiger charge is 2.19. The Kier molecular flexibility index (Phi) is 53.3. The Balaban J connectivity index is 4.42. The molecule has 0 bridgehead atoms. The number of allylic oxidation sites excluding steroid dienone is 10. The van der Waals surface area contributed by atoms with Gasteiger partial charge in [-0.1, -0.05) is 242 Å². The van der Waals surface area contributed by atoms with Gasteiger partial charge in [-0.25, -0.2) is 0 Å². The van der Waals surface area contributed by atoms with Gasteiger partial charge < -0.3 is 14.2 Å². The maximum absolute atomic E-state index is 12.8. The number of esters is 3. The molecule has 0 aromatic rings. The Bertz CT molecular complexity index is 1210. The van der Waals surface area contributed by atoms with E-state index in [0.717, 1.165) is 83.5 Å². The van der Waals surface area contributed by atoms with Crippen LogP contribution in [0.25, 0.3) is 0 Å². The second-order valence-corrected chi connectivity index (χ2v) is 19.2. The number of hydrogen-bond donors (Lipinski definition) is 0. The maximum atomic E-state index is 12.8. The summed E-state index contributed by atoms with van der Waals surface area (Å²) >= 11 is 0. The molecular weight excluding hydrogens is 829 g/mol. The second-order valence-electron chi connectivity index (χ2n) is 19.2. The zero-order chi connectivity index (χ0) is 48.6. The Morgan fingerprint density at radius 3 is 0.910 bits per heavy atom. The molecule has 67 heavy (non-hydrogen) atoms. The van der Waals surface area contributed by atoms with E-state index in [1.54, 1.807) is 0 Å². The summed E-state index contributed by atoms with van der Waals surface area (Å²) in [5.41, 5.74) is 0. The van der Waals surface area contributed by atoms with Crippen molar-refractivity contribution in [1.29, 1.82) is 0 Å². The van der Waals surface area contributed by atoms with Crippen LogP contribution >= 0.6 is 0 Å². The molecule has 0 radical (unpaired) electrons. The van der Waals surface area contributed by atoms with Crippen molar-refractivity contribution in [3.05, 3.63) is 60.8 Å². The van der Waals surface area contributed by atoms with Gasteiger partial charge in [0.25, 0.3) is 0 Å². The first-order chi connectivity index (χ1) is 33.0. The number of ether oxygens (including phenoxy) is 3. The van der Waals surface area contributed by atoms with E-state index in [2.05, 4.69) is 81.5 Å². The van der Waals surface area contributed by atoms with Gasteiger partial charge in [0, 0.05) is 19.3 Å². The molecule has 6 nitrogen and oxygen atoms in total. The Labute approximate surface area is 415 Å². The van der Waals surface area contributed by atoms with Gasteiger partial charge in [0.05, 0.1) is 0 Å². The molecule has 0 fully saturated rings. The molecule has 0 rings (SSSR count). The lowest BCUT2D eigenvalue weighted by atomic mass is 10.0. The van der Waals surface area contributed by atoms with Gasteiger partial charge in [-0.05, 0) is 89.9 Å². The van der Waals surface area contributed by atoms with E-state index in [9.17, 15) is 14.4 Å². The Morgan fingerprint density at radius 2 is 0.537 bits per heavy atom. The van der Waals surface area contributed by atoms with Gasteiger partial charge in [-0.15, -0.1) is 0 Å². The lowest BCUT2D eigenvalue weighted by Crippen LogP contribution is -2.30. The molecule has 0 saturated carbocycles. The highest BCUT2D eigenvalue weighted by Crippen LogP contribution is 2.16. The minimum absolute atomic E-state index is 0.0836. The molecule has 0 aliphatic heterocycles. The third-order valence-electron chi connectivity index (χ3n) is 12.5. The van der Waals surface area contributed by atoms with Crippen LogP contribution < -0.4 is 0 Å². The van der Waals surface area contributed by atoms with Crippen LogP contribution in [0.2, 0.25) is 0 Å². The number of carbonyl (C=O) groups is 3. The maximum Gasteiger partial charge on any atom is 0.306 e. The van der Waals surface area contributed by atoms with E-state index in [1.165, 1.54) is 167 Å². The van der Waals surface area contributed by atoms with E-state index >= 15 is 0 Å². The van der Waals surface area contributed by atoms with Crippen molar-refractivity contribution < 1.29 is 28.6 Å². The van der Waals surface area contributed by atoms with Gasteiger partial charge in [-0.2, -0.15) is 0 Å². The predicted octanol–water partition coefficient (Wildman–Crippen LogP) is 19.2. The summed E-state index contributed by atoms with van der Waals surface area (Å²) in [6.07, 6.45) is 69.2. The molecule has 0 heterocycles. The van der Waals surface area contributed by atoms with Crippen molar-refractivity contribution in [3.8, 4) is 0 Å². The summed E-state index contributed by atoms with van der Waals surface area (Å²) in [6.45, 7) is 6.60. The molecule has 0 N–H and O–H groups in total. The van der Waals surface area contributed by atoms with E-state index in [1.807, 2.05) is 0 Å². The molecule has 0 unspecified atom stereocenters. The predicted molar refractivity (Wildman–Crippen MR) is 288 cm³/mol. The van der Waals surface area contributed by atoms with Crippen LogP contribution in [0.15, 0.2) is 60.8 Å². The standard InChI is InChI=1S/C61H108O6/c1-4-7-10-13-16-19-22-25-28-29-30-31-34-36-39-42-45-48-51-54-60(63)66-57-58(67-61(64)55-52-49-46-43-40-37-33-27-24-21-18-15-12-9-6-3)56-65-59(62)53-50-47-44-41-38-35-32-26-23-20-17-14-11-8-5-2/h16,19,21,24-25,28,30-31,36,39,58H,4-15,17-18,20,22-23,26-27,29,32-35,37-38,40-57H2,1-3H3/b19-16-,24-21-,28-25-,31-30-,39-36-/t58-/m0/s1. The molecule has 0 saturated heterocycles. The van der Waals surface area contributed by atoms with Crippen LogP contribution in [-0.4, -0.2) is 37.2 Å². The van der Waals surface area contributed by atoms with Gasteiger partial charge in [0.15, 0.2) is 6.10 Å². The summed E-state index contributed by atoms with van der Waals surface area (Å²) in [6, 6.07) is 0. The van der Waals surface area contributed by atoms with E-state index < -0.39 is 6.10 Å². The van der Waals surface area contributed by atoms with Crippen LogP contribution in [0.4, 0.5) is 0 Å². The zero-order valence-electron chi connectivity index (χ0n) is 44.4. The number of carbonyl (C=O) groups excluding carboxylic acids is 3. The van der Waals surface area contributed by atoms with E-state index in [0.29, 0.717) is 19.3 Å². The smallest absolute Gasteiger partial charge is 0.306 e. The molecule has 388 valence electrons. The topological polar surface area (TPSA) is 78.9 Å². The summed E-state index contributed by atoms with van der Waals surface area (Å²) in [7, 11) is 0. The second kappa shape index (κ2) is 55.7. The third-order valence-corrected chi connectivity index (χ3v) is 12.5. The fourth-order valence-corrected chi connectivity index (χ4v) is 8.13. The highest BCUT2D eigenvalue weighted by atomic mass is 16.6. The summed E-state index contributed by atoms with van der Waals surface area (Å²) in [4.78, 5) is 38.1. The van der Waals surface area contributed by atoms with Crippen molar-refractivity contribution >= 4 is 17.9 Å². The fourth-order valence-electron chi connectivity index (χ4n) is 8.13. The monoisotopic (exact) mass is 937 g/mol. The van der Waals surface area contributed by atoms with Crippen molar-refractivity contribution in [3.63, 3.8) is 0 Å². The molecule has 0 spiro atoms. The normalized spacial score (nSPS) is 12.5. The number of rotatable bonds is 52. The van der Waals surface area contributed by atoms with Crippen molar-refractivity contribution in [2.75, 3.05) is 13.2 Å². The Hall–Kier alpha value is -2.89. The molecular formula is C61H108O6. The van der Waals surface area contributed by atoms with Crippen LogP contribution in [0.3, 0.4) is 0 Å². The van der Waals surface area contributed by atoms with Crippen LogP contribution in [0.1, 0.15) is 290 Å². The first-order valence-electron chi connectivity index (χ1n) is 28.8. The van der Waals surface area contributed by atoms with Gasteiger partial charge in [-0.3, -0.25) is 14.4 Å². The molecule has 0 aliphatic carbocycles. The highest BCUT2D eigenvalue weighted by molar-refractivity contribution is 5.71. The first-order valence-corrected chi connectivity index (χ1v) is 28.8. The number of hydrogen-bond acceptors (Lipinski definition) is 6. The fraction of sp³-hybridized carbons (Fsp3) is 0.787. The Morgan fingerprint density at radius 1 is 0.299 bits per heavy atom. The molecule has 0 aliphatic rings. The van der Waals surface area contributed by atoms with Gasteiger partial charge >= 0.3 is 17.9 Å². The largest absolute Gasteiger partial charge is 0.462 e. The molecule has 0 aromatic carbocycles. The summed E-state index contributed by atoms with van der Waals surface area (Å²) in [5, 5.41) is 0. The molecule has 0 amide bonds. The third kappa shape index (κ3) is 53.9. The average molecular weight is 938 g/mol. The summed E-state index contributed by atoms with van der Waals surface area (Å²) < 4.78 is 16.8. The quantitative estimate of drug-likeness (QED) is 0.0262. The van der Waals surface area contributed by atoms with Crippen molar-refractivity contribution in [2.24, 2.45) is 0 Å². The van der Waals surface area contributed by atoms with Gasteiger partial charge in [0.2, 0.25) is 0 Å². The van der Waals surface area contributed by atoms with E-state index in [4.69, 9.17) is 14.2 Å². The van der Waals surface area contributed by atoms with Gasteiger partial charge in [0.1, 0.15) is 13.2 Å². The summed E-state index contributed by atoms with van der Waals surface area (Å²) in [5.74, 6) is -0.908. The van der Waals surface area contributed by atoms with E-state index in [-0.39, 0.29) is 31.1 Å².